The standard InChI is InChI=1S/C19H21FN4OS/c1-12-10-21-7-8-23(12)18(25)17-9-16-13(2)22-24(19(16)26-17)11-14-3-5-15(20)6-4-14/h3-6,9,12,21H,7-8,10-11H2,1-2H3/t12-/m1/s1. The molecular formula is C19H21FN4OS. The first kappa shape index (κ1) is 17.2. The van der Waals surface area contributed by atoms with Gasteiger partial charge in [-0.1, -0.05) is 12.1 Å². The lowest BCUT2D eigenvalue weighted by Gasteiger charge is -2.33. The van der Waals surface area contributed by atoms with Crippen molar-refractivity contribution in [3.8, 4) is 0 Å². The van der Waals surface area contributed by atoms with Gasteiger partial charge in [0.25, 0.3) is 5.91 Å². The predicted octanol–water partition coefficient (Wildman–Crippen LogP) is 3.03. The van der Waals surface area contributed by atoms with Crippen molar-refractivity contribution in [3.05, 3.63) is 52.3 Å². The summed E-state index contributed by atoms with van der Waals surface area (Å²) in [6, 6.07) is 8.59. The summed E-state index contributed by atoms with van der Waals surface area (Å²) < 4.78 is 15.0. The number of hydrogen-bond donors (Lipinski definition) is 1. The largest absolute Gasteiger partial charge is 0.333 e. The second kappa shape index (κ2) is 6.81. The minimum absolute atomic E-state index is 0.0907. The van der Waals surface area contributed by atoms with E-state index in [-0.39, 0.29) is 17.8 Å². The molecule has 1 aliphatic heterocycles. The number of halogens is 1. The Morgan fingerprint density at radius 3 is 2.88 bits per heavy atom. The number of nitrogens with zero attached hydrogens (tertiary/aromatic N) is 3. The Morgan fingerprint density at radius 2 is 2.15 bits per heavy atom. The first-order valence-electron chi connectivity index (χ1n) is 8.76. The van der Waals surface area contributed by atoms with Gasteiger partial charge in [0, 0.05) is 31.1 Å². The van der Waals surface area contributed by atoms with Gasteiger partial charge in [0.1, 0.15) is 10.6 Å². The Labute approximate surface area is 155 Å². The fourth-order valence-corrected chi connectivity index (χ4v) is 4.49. The molecule has 136 valence electrons. The second-order valence-electron chi connectivity index (χ2n) is 6.75. The van der Waals surface area contributed by atoms with Crippen LogP contribution in [0.25, 0.3) is 10.2 Å². The highest BCUT2D eigenvalue weighted by atomic mass is 32.1. The molecule has 0 radical (unpaired) electrons. The van der Waals surface area contributed by atoms with Crippen LogP contribution in [0.5, 0.6) is 0 Å². The van der Waals surface area contributed by atoms with Crippen LogP contribution < -0.4 is 5.32 Å². The van der Waals surface area contributed by atoms with Gasteiger partial charge >= 0.3 is 0 Å². The molecule has 5 nitrogen and oxygen atoms in total. The van der Waals surface area contributed by atoms with Gasteiger partial charge in [-0.15, -0.1) is 11.3 Å². The quantitative estimate of drug-likeness (QED) is 0.769. The molecule has 3 heterocycles. The van der Waals surface area contributed by atoms with Crippen molar-refractivity contribution in [3.63, 3.8) is 0 Å². The Morgan fingerprint density at radius 1 is 1.38 bits per heavy atom. The monoisotopic (exact) mass is 372 g/mol. The number of fused-ring (bicyclic) bond motifs is 1. The summed E-state index contributed by atoms with van der Waals surface area (Å²) in [5.41, 5.74) is 1.89. The lowest BCUT2D eigenvalue weighted by molar-refractivity contribution is 0.0661. The average molecular weight is 372 g/mol. The van der Waals surface area contributed by atoms with E-state index in [2.05, 4.69) is 17.3 Å². The van der Waals surface area contributed by atoms with Crippen LogP contribution in [0.4, 0.5) is 4.39 Å². The lowest BCUT2D eigenvalue weighted by Crippen LogP contribution is -2.52. The van der Waals surface area contributed by atoms with Crippen LogP contribution in [0.3, 0.4) is 0 Å². The normalized spacial score (nSPS) is 17.8. The number of benzene rings is 1. The molecule has 1 atom stereocenters. The van der Waals surface area contributed by atoms with E-state index >= 15 is 0 Å². The number of rotatable bonds is 3. The van der Waals surface area contributed by atoms with Crippen LogP contribution in [-0.2, 0) is 6.54 Å². The van der Waals surface area contributed by atoms with E-state index in [4.69, 9.17) is 0 Å². The molecule has 1 N–H and O–H groups in total. The Balaban J connectivity index is 1.64. The molecule has 1 aromatic carbocycles. The number of amides is 1. The topological polar surface area (TPSA) is 50.2 Å². The molecule has 1 amide bonds. The maximum atomic E-state index is 13.1. The van der Waals surface area contributed by atoms with Gasteiger partial charge in [0.15, 0.2) is 0 Å². The Kier molecular flexibility index (Phi) is 4.50. The number of hydrogen-bond acceptors (Lipinski definition) is 4. The molecule has 1 aliphatic rings. The number of carbonyl (C=O) groups is 1. The highest BCUT2D eigenvalue weighted by molar-refractivity contribution is 7.20. The molecule has 4 rings (SSSR count). The van der Waals surface area contributed by atoms with E-state index in [0.717, 1.165) is 46.0 Å². The number of aromatic nitrogens is 2. The zero-order valence-corrected chi connectivity index (χ0v) is 15.6. The molecule has 1 fully saturated rings. The fourth-order valence-electron chi connectivity index (χ4n) is 3.37. The van der Waals surface area contributed by atoms with Gasteiger partial charge in [-0.2, -0.15) is 5.10 Å². The highest BCUT2D eigenvalue weighted by Gasteiger charge is 2.26. The number of aryl methyl sites for hydroxylation is 1. The molecule has 7 heteroatoms. The lowest BCUT2D eigenvalue weighted by atomic mass is 10.2. The minimum Gasteiger partial charge on any atom is -0.333 e. The molecule has 1 saturated heterocycles. The van der Waals surface area contributed by atoms with Crippen molar-refractivity contribution in [1.82, 2.24) is 20.0 Å². The van der Waals surface area contributed by atoms with E-state index in [1.54, 1.807) is 12.1 Å². The molecule has 3 aromatic rings. The smallest absolute Gasteiger partial charge is 0.264 e. The third-order valence-corrected chi connectivity index (χ3v) is 5.96. The van der Waals surface area contributed by atoms with Crippen molar-refractivity contribution < 1.29 is 9.18 Å². The molecule has 26 heavy (non-hydrogen) atoms. The van der Waals surface area contributed by atoms with Crippen molar-refractivity contribution in [2.75, 3.05) is 19.6 Å². The van der Waals surface area contributed by atoms with E-state index in [9.17, 15) is 9.18 Å². The van der Waals surface area contributed by atoms with Crippen molar-refractivity contribution in [2.45, 2.75) is 26.4 Å². The van der Waals surface area contributed by atoms with Crippen LogP contribution in [0.1, 0.15) is 27.9 Å². The predicted molar refractivity (Wildman–Crippen MR) is 101 cm³/mol. The van der Waals surface area contributed by atoms with E-state index in [0.29, 0.717) is 6.54 Å². The van der Waals surface area contributed by atoms with E-state index in [1.165, 1.54) is 23.5 Å². The Hall–Kier alpha value is -2.25. The van der Waals surface area contributed by atoms with E-state index < -0.39 is 0 Å². The van der Waals surface area contributed by atoms with Crippen LogP contribution >= 0.6 is 11.3 Å². The summed E-state index contributed by atoms with van der Waals surface area (Å²) in [5.74, 6) is -0.155. The highest BCUT2D eigenvalue weighted by Crippen LogP contribution is 2.30. The van der Waals surface area contributed by atoms with Crippen LogP contribution in [-0.4, -0.2) is 46.3 Å². The average Bonchev–Trinajstić information content (AvgIpc) is 3.19. The number of piperazine rings is 1. The molecule has 0 unspecified atom stereocenters. The number of carbonyl (C=O) groups excluding carboxylic acids is 1. The van der Waals surface area contributed by atoms with Gasteiger partial charge in [-0.3, -0.25) is 9.48 Å². The summed E-state index contributed by atoms with van der Waals surface area (Å²) in [4.78, 5) is 16.6. The number of nitrogens with one attached hydrogen (secondary N) is 1. The van der Waals surface area contributed by atoms with Gasteiger partial charge in [0.2, 0.25) is 0 Å². The van der Waals surface area contributed by atoms with Gasteiger partial charge in [-0.05, 0) is 37.6 Å². The zero-order chi connectivity index (χ0) is 18.3. The molecule has 0 aliphatic carbocycles. The first-order valence-corrected chi connectivity index (χ1v) is 9.57. The fraction of sp³-hybridized carbons (Fsp3) is 0.368. The van der Waals surface area contributed by atoms with Crippen LogP contribution in [0, 0.1) is 12.7 Å². The molecule has 0 spiro atoms. The minimum atomic E-state index is -0.246. The third kappa shape index (κ3) is 3.12. The van der Waals surface area contributed by atoms with Crippen molar-refractivity contribution >= 4 is 27.5 Å². The number of thiophene rings is 1. The maximum Gasteiger partial charge on any atom is 0.264 e. The van der Waals surface area contributed by atoms with Crippen molar-refractivity contribution in [1.29, 1.82) is 0 Å². The summed E-state index contributed by atoms with van der Waals surface area (Å²) in [6.07, 6.45) is 0. The zero-order valence-electron chi connectivity index (χ0n) is 14.8. The maximum absolute atomic E-state index is 13.1. The first-order chi connectivity index (χ1) is 12.5. The molecule has 2 aromatic heterocycles. The molecule has 0 saturated carbocycles. The summed E-state index contributed by atoms with van der Waals surface area (Å²) in [5, 5.41) is 8.92. The third-order valence-electron chi connectivity index (χ3n) is 4.83. The van der Waals surface area contributed by atoms with Gasteiger partial charge in [0.05, 0.1) is 17.1 Å². The van der Waals surface area contributed by atoms with Crippen molar-refractivity contribution in [2.24, 2.45) is 0 Å². The summed E-state index contributed by atoms with van der Waals surface area (Å²) in [7, 11) is 0. The Bertz CT molecular complexity index is 947. The molecular weight excluding hydrogens is 351 g/mol. The van der Waals surface area contributed by atoms with Crippen LogP contribution in [0.2, 0.25) is 0 Å². The second-order valence-corrected chi connectivity index (χ2v) is 7.78. The molecule has 0 bridgehead atoms. The SMILES string of the molecule is Cc1nn(Cc2ccc(F)cc2)c2sc(C(=O)N3CCNC[C@H]3C)cc12. The van der Waals surface area contributed by atoms with Crippen LogP contribution in [0.15, 0.2) is 30.3 Å². The van der Waals surface area contributed by atoms with E-state index in [1.807, 2.05) is 22.6 Å². The summed E-state index contributed by atoms with van der Waals surface area (Å²) >= 11 is 1.49. The van der Waals surface area contributed by atoms with Gasteiger partial charge in [-0.25, -0.2) is 4.39 Å². The summed E-state index contributed by atoms with van der Waals surface area (Å²) in [6.45, 7) is 6.97. The van der Waals surface area contributed by atoms with Gasteiger partial charge < -0.3 is 10.2 Å².